The van der Waals surface area contributed by atoms with E-state index < -0.39 is 6.10 Å². The third-order valence-corrected chi connectivity index (χ3v) is 2.10. The van der Waals surface area contributed by atoms with E-state index in [2.05, 4.69) is 5.32 Å². The maximum Gasteiger partial charge on any atom is 0.176 e. The molecule has 0 saturated carbocycles. The summed E-state index contributed by atoms with van der Waals surface area (Å²) >= 11 is 0. The molecule has 1 unspecified atom stereocenters. The fourth-order valence-corrected chi connectivity index (χ4v) is 1.29. The van der Waals surface area contributed by atoms with Crippen molar-refractivity contribution < 1.29 is 15.0 Å². The van der Waals surface area contributed by atoms with Crippen molar-refractivity contribution in [2.45, 2.75) is 6.10 Å². The molecule has 4 nitrogen and oxygen atoms in total. The number of rotatable bonds is 5. The quantitative estimate of drug-likeness (QED) is 0.602. The number of ketones is 1. The molecule has 82 valence electrons. The van der Waals surface area contributed by atoms with E-state index in [0.717, 1.165) is 0 Å². The highest BCUT2D eigenvalue weighted by molar-refractivity contribution is 5.97. The number of hydrogen-bond donors (Lipinski definition) is 3. The summed E-state index contributed by atoms with van der Waals surface area (Å²) in [7, 11) is 1.70. The minimum Gasteiger partial charge on any atom is -0.393 e. The van der Waals surface area contributed by atoms with Gasteiger partial charge < -0.3 is 15.5 Å². The summed E-state index contributed by atoms with van der Waals surface area (Å²) in [6.45, 7) is -0.0810. The van der Waals surface area contributed by atoms with Gasteiger partial charge >= 0.3 is 0 Å². The number of carbonyl (C=O) groups is 1. The molecular formula is C11H15NO3. The zero-order valence-corrected chi connectivity index (χ0v) is 8.60. The van der Waals surface area contributed by atoms with Crippen LogP contribution in [0.1, 0.15) is 22.0 Å². The maximum absolute atomic E-state index is 11.5. The van der Waals surface area contributed by atoms with Gasteiger partial charge in [0, 0.05) is 5.56 Å². The van der Waals surface area contributed by atoms with E-state index in [1.807, 2.05) is 0 Å². The minimum absolute atomic E-state index is 0.0375. The van der Waals surface area contributed by atoms with E-state index in [-0.39, 0.29) is 18.9 Å². The summed E-state index contributed by atoms with van der Waals surface area (Å²) in [6, 6.07) is 6.65. The Balaban J connectivity index is 2.87. The largest absolute Gasteiger partial charge is 0.393 e. The van der Waals surface area contributed by atoms with Crippen molar-refractivity contribution in [3.63, 3.8) is 0 Å². The maximum atomic E-state index is 11.5. The Morgan fingerprint density at radius 2 is 2.27 bits per heavy atom. The van der Waals surface area contributed by atoms with Gasteiger partial charge in [-0.2, -0.15) is 0 Å². The summed E-state index contributed by atoms with van der Waals surface area (Å²) in [4.78, 5) is 11.5. The molecule has 4 heteroatoms. The Bertz CT molecular complexity index is 338. The van der Waals surface area contributed by atoms with Crippen LogP contribution in [0.2, 0.25) is 0 Å². The molecule has 0 aromatic heterocycles. The topological polar surface area (TPSA) is 69.6 Å². The number of aliphatic hydroxyl groups excluding tert-OH is 2. The van der Waals surface area contributed by atoms with E-state index in [9.17, 15) is 9.90 Å². The lowest BCUT2D eigenvalue weighted by atomic mass is 10.0. The average molecular weight is 209 g/mol. The van der Waals surface area contributed by atoms with Gasteiger partial charge in [0.1, 0.15) is 6.10 Å². The Morgan fingerprint density at radius 1 is 1.53 bits per heavy atom. The van der Waals surface area contributed by atoms with Crippen LogP contribution in [0.15, 0.2) is 24.3 Å². The molecule has 0 saturated heterocycles. The molecule has 0 aliphatic heterocycles. The zero-order chi connectivity index (χ0) is 11.3. The standard InChI is InChI=1S/C11H15NO3/c1-12-6-10(14)8-3-2-4-9(5-8)11(15)7-13/h2-5,11-13,15H,6-7H2,1H3. The van der Waals surface area contributed by atoms with Crippen LogP contribution >= 0.6 is 0 Å². The molecule has 1 atom stereocenters. The van der Waals surface area contributed by atoms with Crippen LogP contribution in [0.3, 0.4) is 0 Å². The summed E-state index contributed by atoms with van der Waals surface area (Å²) < 4.78 is 0. The van der Waals surface area contributed by atoms with Gasteiger partial charge in [-0.25, -0.2) is 0 Å². The van der Waals surface area contributed by atoms with Gasteiger partial charge in [0.2, 0.25) is 0 Å². The summed E-state index contributed by atoms with van der Waals surface area (Å²) in [6.07, 6.45) is -0.924. The number of Topliss-reactive ketones (excluding diaryl/α,β-unsaturated/α-hetero) is 1. The van der Waals surface area contributed by atoms with Crippen LogP contribution in [0, 0.1) is 0 Å². The van der Waals surface area contributed by atoms with Crippen LogP contribution in [0.25, 0.3) is 0 Å². The average Bonchev–Trinajstić information content (AvgIpc) is 2.28. The molecule has 0 aliphatic rings. The normalized spacial score (nSPS) is 12.5. The lowest BCUT2D eigenvalue weighted by Crippen LogP contribution is -2.18. The molecule has 1 aromatic rings. The Hall–Kier alpha value is -1.23. The molecule has 0 bridgehead atoms. The van der Waals surface area contributed by atoms with Crippen molar-refractivity contribution >= 4 is 5.78 Å². The first kappa shape index (κ1) is 11.8. The van der Waals surface area contributed by atoms with E-state index in [1.54, 1.807) is 31.3 Å². The van der Waals surface area contributed by atoms with Crippen molar-refractivity contribution in [1.82, 2.24) is 5.32 Å². The van der Waals surface area contributed by atoms with Gasteiger partial charge in [-0.1, -0.05) is 18.2 Å². The molecule has 1 rings (SSSR count). The predicted octanol–water partition coefficient (Wildman–Crippen LogP) is 0.114. The molecule has 15 heavy (non-hydrogen) atoms. The number of carbonyl (C=O) groups excluding carboxylic acids is 1. The van der Waals surface area contributed by atoms with Crippen molar-refractivity contribution in [2.75, 3.05) is 20.2 Å². The predicted molar refractivity (Wildman–Crippen MR) is 56.7 cm³/mol. The smallest absolute Gasteiger partial charge is 0.176 e. The van der Waals surface area contributed by atoms with Gasteiger partial charge in [0.15, 0.2) is 5.78 Å². The van der Waals surface area contributed by atoms with Crippen molar-refractivity contribution in [3.8, 4) is 0 Å². The van der Waals surface area contributed by atoms with Gasteiger partial charge in [-0.15, -0.1) is 0 Å². The SMILES string of the molecule is CNCC(=O)c1cccc(C(O)CO)c1. The van der Waals surface area contributed by atoms with Crippen LogP contribution < -0.4 is 5.32 Å². The van der Waals surface area contributed by atoms with Crippen LogP contribution in [-0.2, 0) is 0 Å². The molecule has 0 radical (unpaired) electrons. The first-order valence-corrected chi connectivity index (χ1v) is 4.75. The van der Waals surface area contributed by atoms with E-state index >= 15 is 0 Å². The summed E-state index contributed by atoms with van der Waals surface area (Å²) in [5.74, 6) is -0.0375. The number of nitrogens with one attached hydrogen (secondary N) is 1. The van der Waals surface area contributed by atoms with Crippen LogP contribution in [-0.4, -0.2) is 36.2 Å². The van der Waals surface area contributed by atoms with Gasteiger partial charge in [0.25, 0.3) is 0 Å². The fourth-order valence-electron chi connectivity index (χ4n) is 1.29. The van der Waals surface area contributed by atoms with Gasteiger partial charge in [-0.3, -0.25) is 4.79 Å². The highest BCUT2D eigenvalue weighted by Crippen LogP contribution is 2.14. The molecule has 0 fully saturated rings. The number of hydrogen-bond acceptors (Lipinski definition) is 4. The highest BCUT2D eigenvalue weighted by Gasteiger charge is 2.09. The van der Waals surface area contributed by atoms with Crippen molar-refractivity contribution in [3.05, 3.63) is 35.4 Å². The third kappa shape index (κ3) is 3.13. The van der Waals surface area contributed by atoms with Gasteiger partial charge in [0.05, 0.1) is 13.2 Å². The lowest BCUT2D eigenvalue weighted by Gasteiger charge is -2.08. The highest BCUT2D eigenvalue weighted by atomic mass is 16.3. The van der Waals surface area contributed by atoms with Crippen LogP contribution in [0.4, 0.5) is 0 Å². The lowest BCUT2D eigenvalue weighted by molar-refractivity contribution is 0.0949. The third-order valence-electron chi connectivity index (χ3n) is 2.10. The molecule has 0 aliphatic carbocycles. The molecule has 0 heterocycles. The molecule has 0 spiro atoms. The van der Waals surface area contributed by atoms with E-state index in [1.165, 1.54) is 0 Å². The van der Waals surface area contributed by atoms with Gasteiger partial charge in [-0.05, 0) is 18.7 Å². The second-order valence-corrected chi connectivity index (χ2v) is 3.28. The Morgan fingerprint density at radius 3 is 2.87 bits per heavy atom. The number of benzene rings is 1. The van der Waals surface area contributed by atoms with Crippen LogP contribution in [0.5, 0.6) is 0 Å². The number of likely N-dealkylation sites (N-methyl/N-ethyl adjacent to an activating group) is 1. The zero-order valence-electron chi connectivity index (χ0n) is 8.60. The molecular weight excluding hydrogens is 194 g/mol. The first-order chi connectivity index (χ1) is 7.19. The van der Waals surface area contributed by atoms with Crippen molar-refractivity contribution in [2.24, 2.45) is 0 Å². The van der Waals surface area contributed by atoms with Crippen molar-refractivity contribution in [1.29, 1.82) is 0 Å². The molecule has 3 N–H and O–H groups in total. The van der Waals surface area contributed by atoms with E-state index in [0.29, 0.717) is 11.1 Å². The molecule has 0 amide bonds. The minimum atomic E-state index is -0.924. The van der Waals surface area contributed by atoms with E-state index in [4.69, 9.17) is 5.11 Å². The number of aliphatic hydroxyl groups is 2. The monoisotopic (exact) mass is 209 g/mol. The Kier molecular flexibility index (Phi) is 4.42. The molecule has 1 aromatic carbocycles. The Labute approximate surface area is 88.6 Å². The fraction of sp³-hybridized carbons (Fsp3) is 0.364. The first-order valence-electron chi connectivity index (χ1n) is 4.75. The second kappa shape index (κ2) is 5.60. The summed E-state index contributed by atoms with van der Waals surface area (Å²) in [5.41, 5.74) is 1.09. The second-order valence-electron chi connectivity index (χ2n) is 3.28. The summed E-state index contributed by atoms with van der Waals surface area (Å²) in [5, 5.41) is 20.9.